The molecule has 0 aliphatic heterocycles. The fourth-order valence-corrected chi connectivity index (χ4v) is 1.90. The molecule has 0 saturated carbocycles. The summed E-state index contributed by atoms with van der Waals surface area (Å²) in [5, 5.41) is 9.78. The van der Waals surface area contributed by atoms with E-state index in [1.54, 1.807) is 12.3 Å². The quantitative estimate of drug-likeness (QED) is 0.689. The summed E-state index contributed by atoms with van der Waals surface area (Å²) in [6, 6.07) is 4.71. The van der Waals surface area contributed by atoms with Gasteiger partial charge in [-0.15, -0.1) is 0 Å². The van der Waals surface area contributed by atoms with Crippen molar-refractivity contribution in [2.24, 2.45) is 5.73 Å². The molecule has 5 heteroatoms. The van der Waals surface area contributed by atoms with Crippen LogP contribution in [-0.4, -0.2) is 28.7 Å². The molecule has 2 rings (SSSR count). The maximum Gasteiger partial charge on any atom is 0.320 e. The molecule has 0 aliphatic rings. The molecule has 1 aromatic carbocycles. The van der Waals surface area contributed by atoms with Gasteiger partial charge < -0.3 is 20.6 Å². The molecule has 0 saturated heterocycles. The number of carboxylic acid groups (broad SMARTS) is 1. The molecule has 1 heterocycles. The molecule has 1 aromatic heterocycles. The fraction of sp³-hybridized carbons (Fsp3) is 0.214. The Morgan fingerprint density at radius 2 is 2.37 bits per heavy atom. The van der Waals surface area contributed by atoms with Gasteiger partial charge in [0, 0.05) is 23.5 Å². The number of H-pyrrole nitrogens is 1. The van der Waals surface area contributed by atoms with Gasteiger partial charge >= 0.3 is 5.97 Å². The third-order valence-corrected chi connectivity index (χ3v) is 2.86. The molecule has 0 radical (unpaired) electrons. The lowest BCUT2D eigenvalue weighted by atomic mass is 10.1. The van der Waals surface area contributed by atoms with E-state index in [0.717, 1.165) is 22.2 Å². The number of rotatable bonds is 6. The first kappa shape index (κ1) is 13.2. The molecule has 5 nitrogen and oxygen atoms in total. The van der Waals surface area contributed by atoms with E-state index < -0.39 is 12.0 Å². The van der Waals surface area contributed by atoms with Gasteiger partial charge in [-0.3, -0.25) is 4.79 Å². The molecule has 0 amide bonds. The number of ether oxygens (including phenoxy) is 1. The summed E-state index contributed by atoms with van der Waals surface area (Å²) in [6.45, 7) is 4.02. The Morgan fingerprint density at radius 3 is 3.05 bits per heavy atom. The monoisotopic (exact) mass is 260 g/mol. The van der Waals surface area contributed by atoms with Crippen LogP contribution in [0.4, 0.5) is 0 Å². The first-order chi connectivity index (χ1) is 9.11. The number of hydrogen-bond donors (Lipinski definition) is 3. The summed E-state index contributed by atoms with van der Waals surface area (Å²) >= 11 is 0. The van der Waals surface area contributed by atoms with E-state index >= 15 is 0 Å². The number of aromatic amines is 1. The zero-order chi connectivity index (χ0) is 13.8. The van der Waals surface area contributed by atoms with Crippen LogP contribution in [0, 0.1) is 0 Å². The Morgan fingerprint density at radius 1 is 1.58 bits per heavy atom. The number of carboxylic acids is 1. The lowest BCUT2D eigenvalue weighted by Gasteiger charge is -2.06. The second-order valence-electron chi connectivity index (χ2n) is 4.27. The van der Waals surface area contributed by atoms with Crippen LogP contribution in [0.15, 0.2) is 37.1 Å². The minimum atomic E-state index is -1.01. The largest absolute Gasteiger partial charge is 0.490 e. The Hall–Kier alpha value is -2.27. The minimum absolute atomic E-state index is 0.278. The van der Waals surface area contributed by atoms with Crippen molar-refractivity contribution >= 4 is 16.9 Å². The number of carbonyl (C=O) groups is 1. The minimum Gasteiger partial charge on any atom is -0.490 e. The lowest BCUT2D eigenvalue weighted by Crippen LogP contribution is -2.32. The second kappa shape index (κ2) is 5.58. The van der Waals surface area contributed by atoms with Crippen molar-refractivity contribution in [2.75, 3.05) is 6.61 Å². The third-order valence-electron chi connectivity index (χ3n) is 2.86. The summed E-state index contributed by atoms with van der Waals surface area (Å²) in [4.78, 5) is 13.9. The molecular weight excluding hydrogens is 244 g/mol. The van der Waals surface area contributed by atoms with Crippen LogP contribution < -0.4 is 10.5 Å². The Labute approximate surface area is 110 Å². The van der Waals surface area contributed by atoms with Gasteiger partial charge in [-0.25, -0.2) is 0 Å². The molecule has 4 N–H and O–H groups in total. The summed E-state index contributed by atoms with van der Waals surface area (Å²) in [6.07, 6.45) is 3.73. The van der Waals surface area contributed by atoms with E-state index in [-0.39, 0.29) is 6.42 Å². The number of benzene rings is 1. The van der Waals surface area contributed by atoms with Crippen molar-refractivity contribution in [3.8, 4) is 5.75 Å². The van der Waals surface area contributed by atoms with E-state index in [1.165, 1.54) is 0 Å². The van der Waals surface area contributed by atoms with Gasteiger partial charge in [0.1, 0.15) is 18.4 Å². The summed E-state index contributed by atoms with van der Waals surface area (Å²) in [5.41, 5.74) is 7.36. The van der Waals surface area contributed by atoms with Crippen LogP contribution in [0.1, 0.15) is 5.56 Å². The molecule has 100 valence electrons. The third kappa shape index (κ3) is 2.95. The van der Waals surface area contributed by atoms with Crippen molar-refractivity contribution in [1.29, 1.82) is 0 Å². The van der Waals surface area contributed by atoms with Gasteiger partial charge in [-0.1, -0.05) is 12.7 Å². The van der Waals surface area contributed by atoms with Crippen LogP contribution in [0.5, 0.6) is 5.75 Å². The molecule has 1 atom stereocenters. The smallest absolute Gasteiger partial charge is 0.320 e. The second-order valence-corrected chi connectivity index (χ2v) is 4.27. The lowest BCUT2D eigenvalue weighted by molar-refractivity contribution is -0.138. The van der Waals surface area contributed by atoms with E-state index in [4.69, 9.17) is 15.6 Å². The van der Waals surface area contributed by atoms with Crippen molar-refractivity contribution in [1.82, 2.24) is 4.98 Å². The molecular formula is C14H16N2O3. The Kier molecular flexibility index (Phi) is 3.87. The predicted molar refractivity (Wildman–Crippen MR) is 73.3 cm³/mol. The maximum absolute atomic E-state index is 10.8. The van der Waals surface area contributed by atoms with Crippen LogP contribution >= 0.6 is 0 Å². The van der Waals surface area contributed by atoms with Gasteiger partial charge in [0.05, 0.1) is 0 Å². The van der Waals surface area contributed by atoms with Crippen molar-refractivity contribution < 1.29 is 14.6 Å². The number of nitrogens with two attached hydrogens (primary N) is 1. The highest BCUT2D eigenvalue weighted by Gasteiger charge is 2.15. The molecule has 0 aliphatic carbocycles. The first-order valence-corrected chi connectivity index (χ1v) is 5.94. The van der Waals surface area contributed by atoms with Crippen molar-refractivity contribution in [2.45, 2.75) is 12.5 Å². The topological polar surface area (TPSA) is 88.3 Å². The molecule has 2 aromatic rings. The van der Waals surface area contributed by atoms with Gasteiger partial charge in [0.25, 0.3) is 0 Å². The number of fused-ring (bicyclic) bond motifs is 1. The summed E-state index contributed by atoms with van der Waals surface area (Å²) in [7, 11) is 0. The highest BCUT2D eigenvalue weighted by Crippen LogP contribution is 2.24. The molecule has 0 spiro atoms. The highest BCUT2D eigenvalue weighted by molar-refractivity contribution is 5.85. The Balaban J connectivity index is 2.28. The average molecular weight is 260 g/mol. The predicted octanol–water partition coefficient (Wildman–Crippen LogP) is 1.69. The van der Waals surface area contributed by atoms with Crippen LogP contribution in [0.2, 0.25) is 0 Å². The van der Waals surface area contributed by atoms with E-state index in [9.17, 15) is 4.79 Å². The maximum atomic E-state index is 10.8. The number of aromatic nitrogens is 1. The SMILES string of the molecule is C=CCOc1ccc2[nH]cc(C[C@H](N)C(=O)O)c2c1. The molecule has 0 fully saturated rings. The number of hydrogen-bond acceptors (Lipinski definition) is 3. The van der Waals surface area contributed by atoms with E-state index in [0.29, 0.717) is 6.61 Å². The summed E-state index contributed by atoms with van der Waals surface area (Å²) < 4.78 is 5.46. The van der Waals surface area contributed by atoms with Gasteiger partial charge in [0.15, 0.2) is 0 Å². The summed E-state index contributed by atoms with van der Waals surface area (Å²) in [5.74, 6) is -0.287. The highest BCUT2D eigenvalue weighted by atomic mass is 16.5. The normalized spacial score (nSPS) is 12.3. The Bertz CT molecular complexity index is 604. The average Bonchev–Trinajstić information content (AvgIpc) is 2.79. The zero-order valence-corrected chi connectivity index (χ0v) is 10.4. The fourth-order valence-electron chi connectivity index (χ4n) is 1.90. The van der Waals surface area contributed by atoms with Crippen molar-refractivity contribution in [3.05, 3.63) is 42.6 Å². The molecule has 0 bridgehead atoms. The van der Waals surface area contributed by atoms with Crippen LogP contribution in [0.3, 0.4) is 0 Å². The van der Waals surface area contributed by atoms with E-state index in [1.807, 2.05) is 18.2 Å². The van der Waals surface area contributed by atoms with E-state index in [2.05, 4.69) is 11.6 Å². The number of nitrogens with one attached hydrogen (secondary N) is 1. The van der Waals surface area contributed by atoms with Crippen molar-refractivity contribution in [3.63, 3.8) is 0 Å². The zero-order valence-electron chi connectivity index (χ0n) is 10.4. The number of aliphatic carboxylic acids is 1. The standard InChI is InChI=1S/C14H16N2O3/c1-2-5-19-10-3-4-13-11(7-10)9(8-16-13)6-12(15)14(17)18/h2-4,7-8,12,16H,1,5-6,15H2,(H,17,18)/t12-/m0/s1. The molecule has 0 unspecified atom stereocenters. The van der Waals surface area contributed by atoms with Crippen LogP contribution in [-0.2, 0) is 11.2 Å². The molecule has 19 heavy (non-hydrogen) atoms. The van der Waals surface area contributed by atoms with Crippen LogP contribution in [0.25, 0.3) is 10.9 Å². The first-order valence-electron chi connectivity index (χ1n) is 5.94. The van der Waals surface area contributed by atoms with Gasteiger partial charge in [0.2, 0.25) is 0 Å². The van der Waals surface area contributed by atoms with Gasteiger partial charge in [-0.05, 0) is 23.8 Å². The van der Waals surface area contributed by atoms with Gasteiger partial charge in [-0.2, -0.15) is 0 Å².